The molecule has 1 amide bonds. The van der Waals surface area contributed by atoms with E-state index in [9.17, 15) is 18.0 Å². The largest absolute Gasteiger partial charge is 0.493 e. The third-order valence-electron chi connectivity index (χ3n) is 6.48. The number of piperidine rings is 1. The minimum Gasteiger partial charge on any atom is -0.493 e. The van der Waals surface area contributed by atoms with Crippen LogP contribution < -0.4 is 10.1 Å². The fourth-order valence-electron chi connectivity index (χ4n) is 4.59. The summed E-state index contributed by atoms with van der Waals surface area (Å²) < 4.78 is 44.5. The molecule has 3 rings (SSSR count). The Bertz CT molecular complexity index is 898. The molecule has 0 aromatic heterocycles. The number of halogens is 3. The molecule has 0 spiro atoms. The Kier molecular flexibility index (Phi) is 9.39. The number of benzene rings is 2. The molecule has 2 atom stereocenters. The smallest absolute Gasteiger partial charge is 0.416 e. The molecule has 1 fully saturated rings. The van der Waals surface area contributed by atoms with Crippen molar-refractivity contribution in [3.05, 3.63) is 65.2 Å². The monoisotopic (exact) mass is 476 g/mol. The zero-order chi connectivity index (χ0) is 24.6. The fraction of sp³-hybridized carbons (Fsp3) is 0.519. The predicted molar refractivity (Wildman–Crippen MR) is 128 cm³/mol. The highest BCUT2D eigenvalue weighted by atomic mass is 19.4. The van der Waals surface area contributed by atoms with Crippen LogP contribution in [0, 0.1) is 5.92 Å². The van der Waals surface area contributed by atoms with E-state index in [-0.39, 0.29) is 17.7 Å². The third-order valence-corrected chi connectivity index (χ3v) is 6.48. The number of alkyl halides is 3. The van der Waals surface area contributed by atoms with Gasteiger partial charge in [-0.15, -0.1) is 0 Å². The molecule has 7 heteroatoms. The van der Waals surface area contributed by atoms with Crippen LogP contribution >= 0.6 is 0 Å². The molecule has 1 heterocycles. The van der Waals surface area contributed by atoms with Crippen molar-refractivity contribution in [2.45, 2.75) is 51.6 Å². The van der Waals surface area contributed by atoms with Crippen molar-refractivity contribution >= 4 is 5.91 Å². The highest BCUT2D eigenvalue weighted by Gasteiger charge is 2.32. The molecular formula is C27H35F3N2O2. The summed E-state index contributed by atoms with van der Waals surface area (Å²) in [5.41, 5.74) is 1.13. The lowest BCUT2D eigenvalue weighted by molar-refractivity contribution is -0.137. The van der Waals surface area contributed by atoms with Gasteiger partial charge >= 0.3 is 6.18 Å². The third kappa shape index (κ3) is 7.23. The maximum Gasteiger partial charge on any atom is 0.416 e. The molecule has 2 aromatic carbocycles. The van der Waals surface area contributed by atoms with Crippen LogP contribution in [0.2, 0.25) is 0 Å². The summed E-state index contributed by atoms with van der Waals surface area (Å²) in [5, 5.41) is 2.82. The molecule has 186 valence electrons. The molecule has 1 N–H and O–H groups in total. The van der Waals surface area contributed by atoms with E-state index in [1.807, 2.05) is 31.2 Å². The molecule has 4 nitrogen and oxygen atoms in total. The molecule has 0 saturated carbocycles. The Morgan fingerprint density at radius 2 is 1.76 bits per heavy atom. The number of rotatable bonds is 10. The fourth-order valence-corrected chi connectivity index (χ4v) is 4.59. The number of carbonyl (C=O) groups excluding carboxylic acids is 1. The van der Waals surface area contributed by atoms with E-state index in [1.54, 1.807) is 0 Å². The van der Waals surface area contributed by atoms with Crippen LogP contribution in [-0.2, 0) is 6.18 Å². The highest BCUT2D eigenvalue weighted by Crippen LogP contribution is 2.35. The minimum absolute atomic E-state index is 0.0815. The van der Waals surface area contributed by atoms with Crippen molar-refractivity contribution in [2.75, 3.05) is 32.8 Å². The van der Waals surface area contributed by atoms with Gasteiger partial charge in [0.1, 0.15) is 5.75 Å². The van der Waals surface area contributed by atoms with Crippen molar-refractivity contribution < 1.29 is 22.7 Å². The van der Waals surface area contributed by atoms with E-state index in [0.29, 0.717) is 24.5 Å². The number of hydrogen-bond donors (Lipinski definition) is 1. The average molecular weight is 477 g/mol. The maximum atomic E-state index is 12.9. The van der Waals surface area contributed by atoms with E-state index in [4.69, 9.17) is 4.74 Å². The van der Waals surface area contributed by atoms with Gasteiger partial charge in [0.2, 0.25) is 0 Å². The minimum atomic E-state index is -4.35. The summed E-state index contributed by atoms with van der Waals surface area (Å²) in [6.45, 7) is 8.03. The Balaban J connectivity index is 1.70. The van der Waals surface area contributed by atoms with E-state index >= 15 is 0 Å². The van der Waals surface area contributed by atoms with Gasteiger partial charge < -0.3 is 15.0 Å². The first-order chi connectivity index (χ1) is 16.3. The number of likely N-dealkylation sites (tertiary alicyclic amines) is 1. The molecule has 2 unspecified atom stereocenters. The summed E-state index contributed by atoms with van der Waals surface area (Å²) in [6.07, 6.45) is 0.164. The molecule has 2 aromatic rings. The van der Waals surface area contributed by atoms with Gasteiger partial charge in [-0.3, -0.25) is 4.79 Å². The lowest BCUT2D eigenvalue weighted by Crippen LogP contribution is -2.42. The molecule has 0 aliphatic carbocycles. The second-order valence-electron chi connectivity index (χ2n) is 8.98. The lowest BCUT2D eigenvalue weighted by atomic mass is 9.80. The van der Waals surface area contributed by atoms with E-state index in [2.05, 4.69) is 17.1 Å². The number of amides is 1. The maximum absolute atomic E-state index is 12.9. The Morgan fingerprint density at radius 1 is 1.06 bits per heavy atom. The average Bonchev–Trinajstić information content (AvgIpc) is 2.83. The second kappa shape index (κ2) is 12.2. The summed E-state index contributed by atoms with van der Waals surface area (Å²) >= 11 is 0. The second-order valence-corrected chi connectivity index (χ2v) is 8.98. The number of nitrogens with zero attached hydrogens (tertiary/aromatic N) is 1. The van der Waals surface area contributed by atoms with Crippen LogP contribution in [-0.4, -0.2) is 43.6 Å². The van der Waals surface area contributed by atoms with Crippen LogP contribution in [0.15, 0.2) is 48.5 Å². The summed E-state index contributed by atoms with van der Waals surface area (Å²) in [5.74, 6) is 0.830. The molecule has 1 aliphatic heterocycles. The number of unbranched alkanes of at least 4 members (excludes halogenated alkanes) is 2. The van der Waals surface area contributed by atoms with Crippen molar-refractivity contribution in [2.24, 2.45) is 5.92 Å². The van der Waals surface area contributed by atoms with Gasteiger partial charge in [-0.05, 0) is 80.7 Å². The molecule has 1 aliphatic rings. The first-order valence-electron chi connectivity index (χ1n) is 12.2. The van der Waals surface area contributed by atoms with Gasteiger partial charge in [0.15, 0.2) is 0 Å². The zero-order valence-corrected chi connectivity index (χ0v) is 20.0. The van der Waals surface area contributed by atoms with Crippen LogP contribution in [0.5, 0.6) is 5.75 Å². The number of hydrogen-bond acceptors (Lipinski definition) is 3. The highest BCUT2D eigenvalue weighted by molar-refractivity contribution is 5.94. The quantitative estimate of drug-likeness (QED) is 0.420. The SMILES string of the molecule is CCCCCN1CCC(c2ccc(C(=O)NCC)cc2)C(COc2ccc(C(F)(F)F)cc2)C1. The molecule has 0 radical (unpaired) electrons. The number of nitrogens with one attached hydrogen (secondary N) is 1. The number of ether oxygens (including phenoxy) is 1. The van der Waals surface area contributed by atoms with Gasteiger partial charge in [-0.25, -0.2) is 0 Å². The van der Waals surface area contributed by atoms with E-state index in [0.717, 1.165) is 44.6 Å². The molecule has 0 bridgehead atoms. The van der Waals surface area contributed by atoms with Gasteiger partial charge in [-0.1, -0.05) is 31.9 Å². The van der Waals surface area contributed by atoms with Crippen molar-refractivity contribution in [1.29, 1.82) is 0 Å². The lowest BCUT2D eigenvalue weighted by Gasteiger charge is -2.39. The molecular weight excluding hydrogens is 441 g/mol. The molecule has 34 heavy (non-hydrogen) atoms. The van der Waals surface area contributed by atoms with Crippen LogP contribution in [0.25, 0.3) is 0 Å². The summed E-state index contributed by atoms with van der Waals surface area (Å²) in [4.78, 5) is 14.6. The van der Waals surface area contributed by atoms with Gasteiger partial charge in [0.05, 0.1) is 12.2 Å². The number of carbonyl (C=O) groups is 1. The Hall–Kier alpha value is -2.54. The van der Waals surface area contributed by atoms with Crippen molar-refractivity contribution in [3.63, 3.8) is 0 Å². The predicted octanol–water partition coefficient (Wildman–Crippen LogP) is 6.13. The Morgan fingerprint density at radius 3 is 2.38 bits per heavy atom. The van der Waals surface area contributed by atoms with Crippen molar-refractivity contribution in [1.82, 2.24) is 10.2 Å². The van der Waals surface area contributed by atoms with Crippen LogP contribution in [0.1, 0.15) is 66.9 Å². The summed E-state index contributed by atoms with van der Waals surface area (Å²) in [7, 11) is 0. The van der Waals surface area contributed by atoms with Gasteiger partial charge in [-0.2, -0.15) is 13.2 Å². The van der Waals surface area contributed by atoms with Gasteiger partial charge in [0, 0.05) is 24.6 Å². The van der Waals surface area contributed by atoms with Gasteiger partial charge in [0.25, 0.3) is 5.91 Å². The topological polar surface area (TPSA) is 41.6 Å². The standard InChI is InChI=1S/C27H35F3N2O2/c1-3-5-6-16-32-17-15-25(20-7-9-21(10-8-20)26(33)31-4-2)22(18-32)19-34-24-13-11-23(12-14-24)27(28,29)30/h7-14,22,25H,3-6,15-19H2,1-2H3,(H,31,33). The normalized spacial score (nSPS) is 19.1. The molecule has 1 saturated heterocycles. The Labute approximate surface area is 200 Å². The van der Waals surface area contributed by atoms with Crippen LogP contribution in [0.4, 0.5) is 13.2 Å². The first-order valence-corrected chi connectivity index (χ1v) is 12.2. The zero-order valence-electron chi connectivity index (χ0n) is 20.0. The summed E-state index contributed by atoms with van der Waals surface area (Å²) in [6, 6.07) is 12.7. The van der Waals surface area contributed by atoms with E-state index < -0.39 is 11.7 Å². The van der Waals surface area contributed by atoms with Crippen LogP contribution in [0.3, 0.4) is 0 Å². The van der Waals surface area contributed by atoms with Crippen molar-refractivity contribution in [3.8, 4) is 5.75 Å². The van der Waals surface area contributed by atoms with E-state index in [1.165, 1.54) is 30.5 Å². The first kappa shape index (κ1) is 26.1.